The standard InChI is InChI=1S/C13H22ClNO3S2/c1-3-4-5-6-10(2)11(9-16)15-20(17,18)13-8-7-12(14)19-13/h7-8,10-11,15-16H,3-6,9H2,1-2H3/t10-,11-/m0/s1. The monoisotopic (exact) mass is 339 g/mol. The molecule has 0 saturated carbocycles. The van der Waals surface area contributed by atoms with Crippen molar-refractivity contribution >= 4 is 33.0 Å². The zero-order valence-electron chi connectivity index (χ0n) is 11.8. The molecule has 20 heavy (non-hydrogen) atoms. The number of hydrogen-bond acceptors (Lipinski definition) is 4. The van der Waals surface area contributed by atoms with E-state index in [1.165, 1.54) is 6.07 Å². The molecule has 4 nitrogen and oxygen atoms in total. The van der Waals surface area contributed by atoms with E-state index < -0.39 is 16.1 Å². The lowest BCUT2D eigenvalue weighted by atomic mass is 9.96. The van der Waals surface area contributed by atoms with Crippen LogP contribution in [-0.4, -0.2) is 26.2 Å². The molecule has 116 valence electrons. The number of aliphatic hydroxyl groups is 1. The van der Waals surface area contributed by atoms with Crippen molar-refractivity contribution in [1.82, 2.24) is 4.72 Å². The highest BCUT2D eigenvalue weighted by atomic mass is 35.5. The van der Waals surface area contributed by atoms with Crippen LogP contribution < -0.4 is 4.72 Å². The number of thiophene rings is 1. The van der Waals surface area contributed by atoms with Gasteiger partial charge in [-0.2, -0.15) is 0 Å². The third-order valence-corrected chi connectivity index (χ3v) is 6.48. The Hall–Kier alpha value is -0.140. The zero-order valence-corrected chi connectivity index (χ0v) is 14.2. The van der Waals surface area contributed by atoms with E-state index in [4.69, 9.17) is 11.6 Å². The van der Waals surface area contributed by atoms with Gasteiger partial charge in [-0.1, -0.05) is 44.7 Å². The molecule has 7 heteroatoms. The highest BCUT2D eigenvalue weighted by Gasteiger charge is 2.24. The Labute approximate surface area is 130 Å². The van der Waals surface area contributed by atoms with Crippen LogP contribution in [0.1, 0.15) is 39.5 Å². The number of unbranched alkanes of at least 4 members (excludes halogenated alkanes) is 2. The van der Waals surface area contributed by atoms with Crippen LogP contribution in [-0.2, 0) is 10.0 Å². The van der Waals surface area contributed by atoms with Crippen LogP contribution in [0.25, 0.3) is 0 Å². The number of sulfonamides is 1. The largest absolute Gasteiger partial charge is 0.395 e. The Balaban J connectivity index is 2.67. The molecule has 0 aliphatic rings. The van der Waals surface area contributed by atoms with E-state index in [0.29, 0.717) is 4.34 Å². The van der Waals surface area contributed by atoms with Crippen molar-refractivity contribution in [3.63, 3.8) is 0 Å². The molecule has 0 radical (unpaired) electrons. The summed E-state index contributed by atoms with van der Waals surface area (Å²) in [5.41, 5.74) is 0. The van der Waals surface area contributed by atoms with Crippen molar-refractivity contribution in [2.24, 2.45) is 5.92 Å². The molecule has 0 aromatic carbocycles. The molecule has 0 aliphatic heterocycles. The normalized spacial score (nSPS) is 15.2. The summed E-state index contributed by atoms with van der Waals surface area (Å²) in [6.45, 7) is 3.88. The number of halogens is 1. The molecule has 0 aliphatic carbocycles. The van der Waals surface area contributed by atoms with Gasteiger partial charge in [-0.25, -0.2) is 13.1 Å². The molecular weight excluding hydrogens is 318 g/mol. The van der Waals surface area contributed by atoms with Gasteiger partial charge in [0.15, 0.2) is 0 Å². The van der Waals surface area contributed by atoms with Gasteiger partial charge < -0.3 is 5.11 Å². The van der Waals surface area contributed by atoms with Crippen molar-refractivity contribution in [3.05, 3.63) is 16.5 Å². The Morgan fingerprint density at radius 3 is 2.60 bits per heavy atom. The van der Waals surface area contributed by atoms with Crippen molar-refractivity contribution in [2.45, 2.75) is 49.8 Å². The molecule has 1 rings (SSSR count). The zero-order chi connectivity index (χ0) is 15.2. The molecule has 0 fully saturated rings. The van der Waals surface area contributed by atoms with Gasteiger partial charge in [0.25, 0.3) is 0 Å². The number of nitrogens with one attached hydrogen (secondary N) is 1. The maximum absolute atomic E-state index is 12.2. The lowest BCUT2D eigenvalue weighted by Crippen LogP contribution is -2.41. The van der Waals surface area contributed by atoms with Crippen LogP contribution in [0.15, 0.2) is 16.3 Å². The van der Waals surface area contributed by atoms with Crippen LogP contribution in [0.4, 0.5) is 0 Å². The average molecular weight is 340 g/mol. The summed E-state index contributed by atoms with van der Waals surface area (Å²) < 4.78 is 27.5. The second-order valence-corrected chi connectivity index (χ2v) is 8.60. The molecule has 0 spiro atoms. The fourth-order valence-corrected chi connectivity index (χ4v) is 4.79. The van der Waals surface area contributed by atoms with E-state index in [1.54, 1.807) is 6.07 Å². The summed E-state index contributed by atoms with van der Waals surface area (Å²) in [5.74, 6) is 0.0942. The van der Waals surface area contributed by atoms with Crippen molar-refractivity contribution in [3.8, 4) is 0 Å². The van der Waals surface area contributed by atoms with E-state index in [2.05, 4.69) is 11.6 Å². The minimum Gasteiger partial charge on any atom is -0.395 e. The minimum absolute atomic E-state index is 0.0942. The van der Waals surface area contributed by atoms with E-state index in [1.807, 2.05) is 6.92 Å². The van der Waals surface area contributed by atoms with Gasteiger partial charge in [0.2, 0.25) is 10.0 Å². The Morgan fingerprint density at radius 2 is 2.10 bits per heavy atom. The quantitative estimate of drug-likeness (QED) is 0.679. The average Bonchev–Trinajstić information content (AvgIpc) is 2.83. The van der Waals surface area contributed by atoms with Gasteiger partial charge in [-0.15, -0.1) is 11.3 Å². The molecule has 2 atom stereocenters. The maximum atomic E-state index is 12.2. The number of rotatable bonds is 9. The maximum Gasteiger partial charge on any atom is 0.250 e. The topological polar surface area (TPSA) is 66.4 Å². The van der Waals surface area contributed by atoms with Crippen molar-refractivity contribution < 1.29 is 13.5 Å². The summed E-state index contributed by atoms with van der Waals surface area (Å²) in [6, 6.07) is 2.57. The number of hydrogen-bond donors (Lipinski definition) is 2. The van der Waals surface area contributed by atoms with E-state index in [-0.39, 0.29) is 16.7 Å². The summed E-state index contributed by atoms with van der Waals surface area (Å²) >= 11 is 6.77. The van der Waals surface area contributed by atoms with Gasteiger partial charge in [-0.3, -0.25) is 0 Å². The molecule has 0 bridgehead atoms. The van der Waals surface area contributed by atoms with Crippen LogP contribution >= 0.6 is 22.9 Å². The second-order valence-electron chi connectivity index (χ2n) is 4.94. The Kier molecular flexibility index (Phi) is 7.47. The van der Waals surface area contributed by atoms with Crippen LogP contribution in [0.3, 0.4) is 0 Å². The molecule has 1 heterocycles. The Morgan fingerprint density at radius 1 is 1.40 bits per heavy atom. The lowest BCUT2D eigenvalue weighted by Gasteiger charge is -2.22. The first-order chi connectivity index (χ1) is 9.40. The highest BCUT2D eigenvalue weighted by Crippen LogP contribution is 2.26. The van der Waals surface area contributed by atoms with E-state index in [0.717, 1.165) is 37.0 Å². The summed E-state index contributed by atoms with van der Waals surface area (Å²) in [7, 11) is -3.60. The fourth-order valence-electron chi connectivity index (χ4n) is 1.95. The van der Waals surface area contributed by atoms with Crippen molar-refractivity contribution in [1.29, 1.82) is 0 Å². The first-order valence-corrected chi connectivity index (χ1v) is 9.47. The first-order valence-electron chi connectivity index (χ1n) is 6.79. The number of aliphatic hydroxyl groups excluding tert-OH is 1. The van der Waals surface area contributed by atoms with E-state index >= 15 is 0 Å². The second kappa shape index (κ2) is 8.34. The molecule has 1 aromatic rings. The smallest absolute Gasteiger partial charge is 0.250 e. The molecule has 1 aromatic heterocycles. The van der Waals surface area contributed by atoms with Crippen LogP contribution in [0.5, 0.6) is 0 Å². The van der Waals surface area contributed by atoms with Gasteiger partial charge >= 0.3 is 0 Å². The van der Waals surface area contributed by atoms with Gasteiger partial charge in [0.05, 0.1) is 10.9 Å². The molecule has 2 N–H and O–H groups in total. The lowest BCUT2D eigenvalue weighted by molar-refractivity contribution is 0.215. The molecule has 0 unspecified atom stereocenters. The van der Waals surface area contributed by atoms with E-state index in [9.17, 15) is 13.5 Å². The summed E-state index contributed by atoms with van der Waals surface area (Å²) in [4.78, 5) is 0. The third-order valence-electron chi connectivity index (χ3n) is 3.27. The van der Waals surface area contributed by atoms with Crippen molar-refractivity contribution in [2.75, 3.05) is 6.61 Å². The fraction of sp³-hybridized carbons (Fsp3) is 0.692. The molecular formula is C13H22ClNO3S2. The minimum atomic E-state index is -3.60. The third kappa shape index (κ3) is 5.33. The summed E-state index contributed by atoms with van der Waals surface area (Å²) in [6.07, 6.45) is 4.18. The predicted molar refractivity (Wildman–Crippen MR) is 83.8 cm³/mol. The molecule has 0 amide bonds. The summed E-state index contributed by atoms with van der Waals surface area (Å²) in [5, 5.41) is 9.42. The first kappa shape index (κ1) is 17.9. The van der Waals surface area contributed by atoms with Gasteiger partial charge in [-0.05, 0) is 24.5 Å². The van der Waals surface area contributed by atoms with Crippen LogP contribution in [0, 0.1) is 5.92 Å². The molecule has 0 saturated heterocycles. The van der Waals surface area contributed by atoms with Gasteiger partial charge in [0.1, 0.15) is 4.21 Å². The van der Waals surface area contributed by atoms with Crippen LogP contribution in [0.2, 0.25) is 4.34 Å². The highest BCUT2D eigenvalue weighted by molar-refractivity contribution is 7.91. The Bertz CT molecular complexity index is 501. The SMILES string of the molecule is CCCCC[C@H](C)[C@H](CO)NS(=O)(=O)c1ccc(Cl)s1. The predicted octanol–water partition coefficient (Wildman–Crippen LogP) is 3.26. The van der Waals surface area contributed by atoms with Gasteiger partial charge in [0, 0.05) is 6.04 Å².